The van der Waals surface area contributed by atoms with Crippen LogP contribution in [0.25, 0.3) is 0 Å². The highest BCUT2D eigenvalue weighted by Crippen LogP contribution is 2.23. The summed E-state index contributed by atoms with van der Waals surface area (Å²) in [5.74, 6) is -0.757. The molecule has 0 bridgehead atoms. The number of anilines is 1. The summed E-state index contributed by atoms with van der Waals surface area (Å²) in [6.45, 7) is 1.25. The van der Waals surface area contributed by atoms with Gasteiger partial charge in [0, 0.05) is 24.2 Å². The molecule has 4 nitrogen and oxygen atoms in total. The Morgan fingerprint density at radius 3 is 2.38 bits per heavy atom. The number of nitrogen functional groups attached to an aromatic ring is 1. The van der Waals surface area contributed by atoms with Crippen LogP contribution in [0.2, 0.25) is 0 Å². The second-order valence-electron chi connectivity index (χ2n) is 4.59. The van der Waals surface area contributed by atoms with E-state index >= 15 is 0 Å². The topological polar surface area (TPSA) is 72.2 Å². The lowest BCUT2D eigenvalue weighted by Gasteiger charge is -2.10. The van der Waals surface area contributed by atoms with E-state index in [-0.39, 0.29) is 35.5 Å². The number of rotatable bonds is 6. The van der Waals surface area contributed by atoms with Gasteiger partial charge in [-0.15, -0.1) is 0 Å². The summed E-state index contributed by atoms with van der Waals surface area (Å²) in [4.78, 5) is -0.348. The van der Waals surface area contributed by atoms with Crippen molar-refractivity contribution in [2.75, 3.05) is 12.3 Å². The van der Waals surface area contributed by atoms with E-state index in [2.05, 4.69) is 4.72 Å². The molecule has 0 spiro atoms. The van der Waals surface area contributed by atoms with Crippen molar-refractivity contribution in [2.24, 2.45) is 0 Å². The summed E-state index contributed by atoms with van der Waals surface area (Å²) in [5.41, 5.74) is 5.62. The van der Waals surface area contributed by atoms with E-state index in [4.69, 9.17) is 5.73 Å². The maximum absolute atomic E-state index is 13.4. The summed E-state index contributed by atoms with van der Waals surface area (Å²) in [7, 11) is -3.99. The van der Waals surface area contributed by atoms with E-state index < -0.39 is 28.4 Å². The third-order valence-corrected chi connectivity index (χ3v) is 4.29. The molecule has 0 unspecified atom stereocenters. The molecule has 0 heterocycles. The zero-order chi connectivity index (χ0) is 16.3. The van der Waals surface area contributed by atoms with E-state index in [0.29, 0.717) is 0 Å². The Hall–Kier alpha value is -1.35. The van der Waals surface area contributed by atoms with Crippen LogP contribution in [0.4, 0.5) is 23.2 Å². The van der Waals surface area contributed by atoms with Gasteiger partial charge in [-0.1, -0.05) is 0 Å². The fourth-order valence-electron chi connectivity index (χ4n) is 1.57. The highest BCUT2D eigenvalue weighted by Gasteiger charge is 2.26. The van der Waals surface area contributed by atoms with Crippen LogP contribution in [0.5, 0.6) is 0 Å². The van der Waals surface area contributed by atoms with Crippen molar-refractivity contribution in [3.05, 3.63) is 23.5 Å². The van der Waals surface area contributed by atoms with Crippen molar-refractivity contribution in [1.82, 2.24) is 4.72 Å². The second-order valence-corrected chi connectivity index (χ2v) is 6.36. The molecule has 1 aromatic carbocycles. The predicted molar refractivity (Wildman–Crippen MR) is 70.6 cm³/mol. The van der Waals surface area contributed by atoms with Gasteiger partial charge in [-0.05, 0) is 31.9 Å². The SMILES string of the molecule is Cc1c(N)cc(S(=O)(=O)NCCCCC(F)(F)F)cc1F. The van der Waals surface area contributed by atoms with Crippen LogP contribution in [0.1, 0.15) is 24.8 Å². The molecule has 0 amide bonds. The van der Waals surface area contributed by atoms with E-state index in [1.54, 1.807) is 0 Å². The molecule has 0 atom stereocenters. The zero-order valence-corrected chi connectivity index (χ0v) is 12.1. The first-order valence-corrected chi connectivity index (χ1v) is 7.63. The highest BCUT2D eigenvalue weighted by atomic mass is 32.2. The minimum Gasteiger partial charge on any atom is -0.398 e. The molecular formula is C12H16F4N2O2S. The number of benzene rings is 1. The highest BCUT2D eigenvalue weighted by molar-refractivity contribution is 7.89. The summed E-state index contributed by atoms with van der Waals surface area (Å²) in [6, 6.07) is 1.93. The van der Waals surface area contributed by atoms with Gasteiger partial charge >= 0.3 is 6.18 Å². The average molecular weight is 328 g/mol. The van der Waals surface area contributed by atoms with E-state index in [1.807, 2.05) is 0 Å². The number of nitrogens with one attached hydrogen (secondary N) is 1. The maximum atomic E-state index is 13.4. The first kappa shape index (κ1) is 17.7. The molecule has 120 valence electrons. The zero-order valence-electron chi connectivity index (χ0n) is 11.3. The van der Waals surface area contributed by atoms with Gasteiger partial charge in [0.1, 0.15) is 5.82 Å². The van der Waals surface area contributed by atoms with E-state index in [1.165, 1.54) is 6.92 Å². The Balaban J connectivity index is 2.62. The molecule has 0 saturated heterocycles. The van der Waals surface area contributed by atoms with Gasteiger partial charge in [-0.3, -0.25) is 0 Å². The maximum Gasteiger partial charge on any atom is 0.389 e. The van der Waals surface area contributed by atoms with Crippen molar-refractivity contribution in [2.45, 2.75) is 37.3 Å². The molecule has 0 aliphatic heterocycles. The van der Waals surface area contributed by atoms with Gasteiger partial charge in [0.15, 0.2) is 0 Å². The van der Waals surface area contributed by atoms with Crippen LogP contribution in [-0.2, 0) is 10.0 Å². The Labute approximate surface area is 120 Å². The van der Waals surface area contributed by atoms with Crippen LogP contribution in [0.15, 0.2) is 17.0 Å². The lowest BCUT2D eigenvalue weighted by atomic mass is 10.2. The largest absolute Gasteiger partial charge is 0.398 e. The van der Waals surface area contributed by atoms with Crippen LogP contribution < -0.4 is 10.5 Å². The van der Waals surface area contributed by atoms with Crippen molar-refractivity contribution in [3.8, 4) is 0 Å². The summed E-state index contributed by atoms with van der Waals surface area (Å²) >= 11 is 0. The minimum atomic E-state index is -4.26. The molecule has 1 aromatic rings. The number of alkyl halides is 3. The van der Waals surface area contributed by atoms with Crippen molar-refractivity contribution < 1.29 is 26.0 Å². The number of nitrogens with two attached hydrogens (primary N) is 1. The predicted octanol–water partition coefficient (Wildman–Crippen LogP) is 2.73. The van der Waals surface area contributed by atoms with Gasteiger partial charge in [0.05, 0.1) is 4.90 Å². The van der Waals surface area contributed by atoms with Crippen molar-refractivity contribution in [1.29, 1.82) is 0 Å². The van der Waals surface area contributed by atoms with Crippen molar-refractivity contribution >= 4 is 15.7 Å². The van der Waals surface area contributed by atoms with Gasteiger partial charge < -0.3 is 5.73 Å². The molecule has 1 rings (SSSR count). The molecule has 9 heteroatoms. The monoisotopic (exact) mass is 328 g/mol. The molecule has 0 aliphatic carbocycles. The Bertz CT molecular complexity index is 577. The lowest BCUT2D eigenvalue weighted by molar-refractivity contribution is -0.135. The summed E-state index contributed by atoms with van der Waals surface area (Å²) in [5, 5.41) is 0. The Kier molecular flexibility index (Phi) is 5.57. The summed E-state index contributed by atoms with van der Waals surface area (Å²) in [6.07, 6.45) is -5.38. The number of unbranched alkanes of at least 4 members (excludes halogenated alkanes) is 1. The fourth-order valence-corrected chi connectivity index (χ4v) is 2.69. The van der Waals surface area contributed by atoms with E-state index in [9.17, 15) is 26.0 Å². The van der Waals surface area contributed by atoms with Crippen molar-refractivity contribution in [3.63, 3.8) is 0 Å². The first-order valence-electron chi connectivity index (χ1n) is 6.15. The van der Waals surface area contributed by atoms with Gasteiger partial charge in [0.25, 0.3) is 0 Å². The number of hydrogen-bond acceptors (Lipinski definition) is 3. The molecule has 21 heavy (non-hydrogen) atoms. The molecule has 0 aliphatic rings. The van der Waals surface area contributed by atoms with Gasteiger partial charge in [0.2, 0.25) is 10.0 Å². The molecule has 0 aromatic heterocycles. The second kappa shape index (κ2) is 6.61. The van der Waals surface area contributed by atoms with E-state index in [0.717, 1.165) is 12.1 Å². The standard InChI is InChI=1S/C12H16F4N2O2S/c1-8-10(13)6-9(7-11(8)17)21(19,20)18-5-3-2-4-12(14,15)16/h6-7,18H,2-5,17H2,1H3. The average Bonchev–Trinajstić information content (AvgIpc) is 2.33. The molecule has 0 fully saturated rings. The molecular weight excluding hydrogens is 312 g/mol. The third-order valence-electron chi connectivity index (χ3n) is 2.85. The molecule has 0 saturated carbocycles. The first-order chi connectivity index (χ1) is 9.53. The van der Waals surface area contributed by atoms with Gasteiger partial charge in [-0.2, -0.15) is 13.2 Å². The normalized spacial score (nSPS) is 12.6. The third kappa shape index (κ3) is 5.50. The van der Waals surface area contributed by atoms with Crippen LogP contribution >= 0.6 is 0 Å². The number of halogens is 4. The Morgan fingerprint density at radius 2 is 1.86 bits per heavy atom. The minimum absolute atomic E-state index is 0.00699. The van der Waals surface area contributed by atoms with Crippen LogP contribution in [0, 0.1) is 12.7 Å². The number of sulfonamides is 1. The van der Waals surface area contributed by atoms with Crippen LogP contribution in [-0.4, -0.2) is 21.1 Å². The Morgan fingerprint density at radius 1 is 1.24 bits per heavy atom. The summed E-state index contributed by atoms with van der Waals surface area (Å²) < 4.78 is 75.0. The van der Waals surface area contributed by atoms with Crippen LogP contribution in [0.3, 0.4) is 0 Å². The number of hydrogen-bond donors (Lipinski definition) is 2. The fraction of sp³-hybridized carbons (Fsp3) is 0.500. The molecule has 3 N–H and O–H groups in total. The lowest BCUT2D eigenvalue weighted by Crippen LogP contribution is -2.25. The van der Waals surface area contributed by atoms with Gasteiger partial charge in [-0.25, -0.2) is 17.5 Å². The molecule has 0 radical (unpaired) electrons. The smallest absolute Gasteiger partial charge is 0.389 e. The quantitative estimate of drug-likeness (QED) is 0.479.